The van der Waals surface area contributed by atoms with Crippen LogP contribution < -0.4 is 10.6 Å². The Hall–Kier alpha value is -2.32. The highest BCUT2D eigenvalue weighted by Gasteiger charge is 2.31. The summed E-state index contributed by atoms with van der Waals surface area (Å²) >= 11 is 1.66. The molecule has 144 valence electrons. The minimum Gasteiger partial charge on any atom is -0.356 e. The van der Waals surface area contributed by atoms with E-state index in [0.29, 0.717) is 26.1 Å². The summed E-state index contributed by atoms with van der Waals surface area (Å²) < 4.78 is 0. The normalized spacial score (nSPS) is 17.6. The van der Waals surface area contributed by atoms with Gasteiger partial charge in [-0.3, -0.25) is 14.5 Å². The molecule has 1 aliphatic rings. The monoisotopic (exact) mass is 387 g/mol. The number of carbonyl (C=O) groups excluding carboxylic acids is 2. The molecule has 3 heterocycles. The number of aromatic nitrogens is 2. The van der Waals surface area contributed by atoms with Crippen LogP contribution in [0, 0.1) is 13.8 Å². The van der Waals surface area contributed by atoms with Crippen molar-refractivity contribution < 1.29 is 9.59 Å². The standard InChI is InChI=1S/C19H25N5O2S/c1-13-10-14(2)23-17(22-13)5-6-20-18(25)11-16-19(26)21-7-8-24(16)12-15-4-3-9-27-15/h3-4,9-10,16H,5-8,11-12H2,1-2H3,(H,20,25)(H,21,26). The minimum atomic E-state index is -0.432. The maximum absolute atomic E-state index is 12.4. The van der Waals surface area contributed by atoms with Gasteiger partial charge < -0.3 is 10.6 Å². The molecule has 0 radical (unpaired) electrons. The van der Waals surface area contributed by atoms with Crippen LogP contribution in [0.25, 0.3) is 0 Å². The molecule has 27 heavy (non-hydrogen) atoms. The zero-order valence-corrected chi connectivity index (χ0v) is 16.5. The third-order valence-electron chi connectivity index (χ3n) is 4.46. The fraction of sp³-hybridized carbons (Fsp3) is 0.474. The van der Waals surface area contributed by atoms with Crippen molar-refractivity contribution in [2.75, 3.05) is 19.6 Å². The average molecular weight is 388 g/mol. The van der Waals surface area contributed by atoms with Gasteiger partial charge in [-0.15, -0.1) is 11.3 Å². The number of carbonyl (C=O) groups is 2. The van der Waals surface area contributed by atoms with Gasteiger partial charge in [-0.25, -0.2) is 9.97 Å². The summed E-state index contributed by atoms with van der Waals surface area (Å²) in [6.45, 7) is 6.38. The molecule has 8 heteroatoms. The fourth-order valence-corrected chi connectivity index (χ4v) is 3.98. The lowest BCUT2D eigenvalue weighted by Crippen LogP contribution is -2.56. The Balaban J connectivity index is 1.52. The van der Waals surface area contributed by atoms with Crippen LogP contribution >= 0.6 is 11.3 Å². The van der Waals surface area contributed by atoms with Crippen molar-refractivity contribution >= 4 is 23.2 Å². The Labute approximate surface area is 163 Å². The van der Waals surface area contributed by atoms with Gasteiger partial charge in [0.25, 0.3) is 0 Å². The predicted molar refractivity (Wildman–Crippen MR) is 104 cm³/mol. The quantitative estimate of drug-likeness (QED) is 0.746. The molecule has 1 unspecified atom stereocenters. The van der Waals surface area contributed by atoms with E-state index in [1.165, 1.54) is 4.88 Å². The Morgan fingerprint density at radius 1 is 1.37 bits per heavy atom. The fourth-order valence-electron chi connectivity index (χ4n) is 3.25. The van der Waals surface area contributed by atoms with E-state index in [2.05, 4.69) is 31.6 Å². The largest absolute Gasteiger partial charge is 0.356 e. The van der Waals surface area contributed by atoms with Crippen LogP contribution in [0.5, 0.6) is 0 Å². The Bertz CT molecular complexity index is 773. The second-order valence-corrected chi connectivity index (χ2v) is 7.76. The van der Waals surface area contributed by atoms with E-state index in [4.69, 9.17) is 0 Å². The van der Waals surface area contributed by atoms with Crippen LogP contribution in [0.4, 0.5) is 0 Å². The van der Waals surface area contributed by atoms with Gasteiger partial charge in [-0.05, 0) is 31.4 Å². The maximum atomic E-state index is 12.4. The lowest BCUT2D eigenvalue weighted by molar-refractivity contribution is -0.134. The number of nitrogens with one attached hydrogen (secondary N) is 2. The number of aryl methyl sites for hydroxylation is 2. The van der Waals surface area contributed by atoms with E-state index in [0.717, 1.165) is 23.8 Å². The first-order valence-corrected chi connectivity index (χ1v) is 10.0. The van der Waals surface area contributed by atoms with Crippen molar-refractivity contribution in [3.8, 4) is 0 Å². The van der Waals surface area contributed by atoms with Crippen molar-refractivity contribution in [3.05, 3.63) is 45.7 Å². The summed E-state index contributed by atoms with van der Waals surface area (Å²) in [5.41, 5.74) is 1.85. The summed E-state index contributed by atoms with van der Waals surface area (Å²) in [7, 11) is 0. The molecule has 1 saturated heterocycles. The highest BCUT2D eigenvalue weighted by Crippen LogP contribution is 2.17. The second-order valence-electron chi connectivity index (χ2n) is 6.73. The smallest absolute Gasteiger partial charge is 0.237 e. The molecule has 2 amide bonds. The SMILES string of the molecule is Cc1cc(C)nc(CCNC(=O)CC2C(=O)NCCN2Cc2cccs2)n1. The molecule has 7 nitrogen and oxygen atoms in total. The summed E-state index contributed by atoms with van der Waals surface area (Å²) in [5, 5.41) is 7.78. The Kier molecular flexibility index (Phi) is 6.52. The molecule has 0 saturated carbocycles. The first kappa shape index (κ1) is 19.4. The number of piperazine rings is 1. The van der Waals surface area contributed by atoms with E-state index in [9.17, 15) is 9.59 Å². The maximum Gasteiger partial charge on any atom is 0.237 e. The lowest BCUT2D eigenvalue weighted by Gasteiger charge is -2.34. The Morgan fingerprint density at radius 2 is 2.15 bits per heavy atom. The van der Waals surface area contributed by atoms with E-state index >= 15 is 0 Å². The number of rotatable bonds is 7. The number of amides is 2. The summed E-state index contributed by atoms with van der Waals surface area (Å²) in [4.78, 5) is 36.7. The summed E-state index contributed by atoms with van der Waals surface area (Å²) in [6.07, 6.45) is 0.731. The highest BCUT2D eigenvalue weighted by molar-refractivity contribution is 7.09. The number of hydrogen-bond donors (Lipinski definition) is 2. The number of hydrogen-bond acceptors (Lipinski definition) is 6. The van der Waals surface area contributed by atoms with Gasteiger partial charge in [0.15, 0.2) is 0 Å². The van der Waals surface area contributed by atoms with Crippen molar-refractivity contribution in [3.63, 3.8) is 0 Å². The molecule has 1 fully saturated rings. The molecule has 3 rings (SSSR count). The minimum absolute atomic E-state index is 0.0781. The molecule has 0 bridgehead atoms. The van der Waals surface area contributed by atoms with Gasteiger partial charge in [0.1, 0.15) is 5.82 Å². The van der Waals surface area contributed by atoms with Gasteiger partial charge >= 0.3 is 0 Å². The summed E-state index contributed by atoms with van der Waals surface area (Å²) in [6, 6.07) is 5.54. The van der Waals surface area contributed by atoms with Crippen molar-refractivity contribution in [1.29, 1.82) is 0 Å². The van der Waals surface area contributed by atoms with Gasteiger partial charge in [0, 0.05) is 48.9 Å². The molecular weight excluding hydrogens is 362 g/mol. The number of nitrogens with zero attached hydrogens (tertiary/aromatic N) is 3. The van der Waals surface area contributed by atoms with Crippen molar-refractivity contribution in [2.24, 2.45) is 0 Å². The van der Waals surface area contributed by atoms with E-state index in [-0.39, 0.29) is 18.2 Å². The predicted octanol–water partition coefficient (Wildman–Crippen LogP) is 1.20. The van der Waals surface area contributed by atoms with Crippen LogP contribution in [0.2, 0.25) is 0 Å². The van der Waals surface area contributed by atoms with Crippen LogP contribution in [-0.2, 0) is 22.6 Å². The molecule has 2 N–H and O–H groups in total. The molecule has 0 spiro atoms. The topological polar surface area (TPSA) is 87.2 Å². The lowest BCUT2D eigenvalue weighted by atomic mass is 10.1. The zero-order valence-electron chi connectivity index (χ0n) is 15.7. The number of thiophene rings is 1. The third kappa shape index (κ3) is 5.58. The van der Waals surface area contributed by atoms with Gasteiger partial charge in [0.2, 0.25) is 11.8 Å². The first-order valence-electron chi connectivity index (χ1n) is 9.13. The van der Waals surface area contributed by atoms with E-state index in [1.54, 1.807) is 11.3 Å². The van der Waals surface area contributed by atoms with Crippen LogP contribution in [-0.4, -0.2) is 52.4 Å². The van der Waals surface area contributed by atoms with Crippen molar-refractivity contribution in [2.45, 2.75) is 39.3 Å². The van der Waals surface area contributed by atoms with Crippen LogP contribution in [0.15, 0.2) is 23.6 Å². The van der Waals surface area contributed by atoms with Crippen molar-refractivity contribution in [1.82, 2.24) is 25.5 Å². The second kappa shape index (κ2) is 9.05. The van der Waals surface area contributed by atoms with E-state index < -0.39 is 6.04 Å². The molecule has 1 aliphatic heterocycles. The molecule has 1 atom stereocenters. The zero-order chi connectivity index (χ0) is 19.2. The van der Waals surface area contributed by atoms with Crippen LogP contribution in [0.1, 0.15) is 28.5 Å². The third-order valence-corrected chi connectivity index (χ3v) is 5.32. The average Bonchev–Trinajstić information content (AvgIpc) is 3.10. The van der Waals surface area contributed by atoms with Gasteiger partial charge in [-0.1, -0.05) is 6.07 Å². The molecule has 2 aromatic heterocycles. The molecule has 0 aromatic carbocycles. The molecule has 2 aromatic rings. The summed E-state index contributed by atoms with van der Waals surface area (Å²) in [5.74, 6) is 0.519. The van der Waals surface area contributed by atoms with Gasteiger partial charge in [-0.2, -0.15) is 0 Å². The van der Waals surface area contributed by atoms with E-state index in [1.807, 2.05) is 31.4 Å². The molecular formula is C19H25N5O2S. The highest BCUT2D eigenvalue weighted by atomic mass is 32.1. The Morgan fingerprint density at radius 3 is 2.85 bits per heavy atom. The molecule has 0 aliphatic carbocycles. The van der Waals surface area contributed by atoms with Gasteiger partial charge in [0.05, 0.1) is 12.5 Å². The van der Waals surface area contributed by atoms with Crippen LogP contribution in [0.3, 0.4) is 0 Å². The first-order chi connectivity index (χ1) is 13.0.